The Morgan fingerprint density at radius 1 is 1.24 bits per heavy atom. The van der Waals surface area contributed by atoms with Crippen LogP contribution < -0.4 is 10.1 Å². The summed E-state index contributed by atoms with van der Waals surface area (Å²) in [5, 5.41) is 10.5. The predicted octanol–water partition coefficient (Wildman–Crippen LogP) is 4.46. The second-order valence-corrected chi connectivity index (χ2v) is 4.71. The highest BCUT2D eigenvalue weighted by molar-refractivity contribution is 9.10. The van der Waals surface area contributed by atoms with Gasteiger partial charge >= 0.3 is 12.5 Å². The minimum atomic E-state index is -4.99. The Bertz CT molecular complexity index is 537. The molecule has 1 aromatic rings. The standard InChI is InChI=1S/C11H7BrF6N2O/c12-7-1-2-8(9(3-7)21-11(16,17)18)20-5-6(4-19)10(13,14)15/h1-3,6,20H,5H2. The van der Waals surface area contributed by atoms with Crippen molar-refractivity contribution in [3.63, 3.8) is 0 Å². The molecule has 10 heteroatoms. The van der Waals surface area contributed by atoms with E-state index in [9.17, 15) is 26.3 Å². The van der Waals surface area contributed by atoms with Crippen molar-refractivity contribution in [2.24, 2.45) is 5.92 Å². The van der Waals surface area contributed by atoms with E-state index in [0.29, 0.717) is 0 Å². The van der Waals surface area contributed by atoms with Crippen LogP contribution in [0, 0.1) is 17.2 Å². The number of anilines is 1. The molecule has 1 rings (SSSR count). The van der Waals surface area contributed by atoms with Gasteiger partial charge in [-0.05, 0) is 18.2 Å². The molecule has 0 amide bonds. The average Bonchev–Trinajstić information content (AvgIpc) is 2.28. The Balaban J connectivity index is 2.91. The molecule has 1 aromatic carbocycles. The first-order valence-corrected chi connectivity index (χ1v) is 6.07. The van der Waals surface area contributed by atoms with Crippen LogP contribution in [0.2, 0.25) is 0 Å². The van der Waals surface area contributed by atoms with Crippen LogP contribution in [-0.4, -0.2) is 19.1 Å². The minimum absolute atomic E-state index is 0.250. The van der Waals surface area contributed by atoms with E-state index in [4.69, 9.17) is 5.26 Å². The van der Waals surface area contributed by atoms with E-state index >= 15 is 0 Å². The van der Waals surface area contributed by atoms with Gasteiger partial charge in [-0.15, -0.1) is 13.2 Å². The van der Waals surface area contributed by atoms with E-state index in [1.807, 2.05) is 0 Å². The number of hydrogen-bond donors (Lipinski definition) is 1. The second-order valence-electron chi connectivity index (χ2n) is 3.79. The van der Waals surface area contributed by atoms with Gasteiger partial charge in [-0.2, -0.15) is 18.4 Å². The lowest BCUT2D eigenvalue weighted by Gasteiger charge is -2.18. The first-order valence-electron chi connectivity index (χ1n) is 5.28. The zero-order valence-corrected chi connectivity index (χ0v) is 11.6. The molecule has 3 nitrogen and oxygen atoms in total. The molecule has 0 saturated carbocycles. The summed E-state index contributed by atoms with van der Waals surface area (Å²) in [6, 6.07) is 4.41. The fourth-order valence-electron chi connectivity index (χ4n) is 1.30. The van der Waals surface area contributed by atoms with E-state index in [1.54, 1.807) is 0 Å². The van der Waals surface area contributed by atoms with Crippen LogP contribution in [-0.2, 0) is 0 Å². The van der Waals surface area contributed by atoms with Gasteiger partial charge in [-0.25, -0.2) is 0 Å². The van der Waals surface area contributed by atoms with Gasteiger partial charge in [0.1, 0.15) is 0 Å². The summed E-state index contributed by atoms with van der Waals surface area (Å²) in [7, 11) is 0. The van der Waals surface area contributed by atoms with Crippen molar-refractivity contribution in [3.05, 3.63) is 22.7 Å². The van der Waals surface area contributed by atoms with Gasteiger partial charge in [-0.1, -0.05) is 15.9 Å². The molecule has 0 fully saturated rings. The molecule has 0 bridgehead atoms. The third-order valence-electron chi connectivity index (χ3n) is 2.22. The third-order valence-corrected chi connectivity index (χ3v) is 2.71. The quantitative estimate of drug-likeness (QED) is 0.789. The number of rotatable bonds is 4. The molecule has 0 radical (unpaired) electrons. The lowest BCUT2D eigenvalue weighted by Crippen LogP contribution is -2.28. The predicted molar refractivity (Wildman–Crippen MR) is 64.5 cm³/mol. The van der Waals surface area contributed by atoms with Crippen molar-refractivity contribution >= 4 is 21.6 Å². The highest BCUT2D eigenvalue weighted by Gasteiger charge is 2.40. The first kappa shape index (κ1) is 17.4. The summed E-state index contributed by atoms with van der Waals surface area (Å²) < 4.78 is 77.7. The summed E-state index contributed by atoms with van der Waals surface area (Å²) >= 11 is 2.92. The van der Waals surface area contributed by atoms with Gasteiger partial charge in [0.25, 0.3) is 0 Å². The van der Waals surface area contributed by atoms with Crippen molar-refractivity contribution < 1.29 is 31.1 Å². The van der Waals surface area contributed by atoms with E-state index < -0.39 is 30.8 Å². The van der Waals surface area contributed by atoms with Gasteiger partial charge < -0.3 is 10.1 Å². The molecule has 116 valence electrons. The van der Waals surface area contributed by atoms with Crippen molar-refractivity contribution in [1.82, 2.24) is 0 Å². The van der Waals surface area contributed by atoms with Crippen molar-refractivity contribution in [3.8, 4) is 11.8 Å². The van der Waals surface area contributed by atoms with Gasteiger partial charge in [0, 0.05) is 11.0 Å². The number of nitrogens with zero attached hydrogens (tertiary/aromatic N) is 1. The van der Waals surface area contributed by atoms with E-state index in [-0.39, 0.29) is 10.2 Å². The summed E-state index contributed by atoms with van der Waals surface area (Å²) in [5.74, 6) is -3.05. The molecule has 0 aromatic heterocycles. The lowest BCUT2D eigenvalue weighted by molar-refractivity contribution is -0.274. The molecule has 0 aliphatic rings. The molecule has 1 unspecified atom stereocenters. The second kappa shape index (κ2) is 6.43. The number of ether oxygens (including phenoxy) is 1. The maximum atomic E-state index is 12.4. The van der Waals surface area contributed by atoms with Crippen molar-refractivity contribution in [1.29, 1.82) is 5.26 Å². The Labute approximate surface area is 123 Å². The zero-order valence-electron chi connectivity index (χ0n) is 10.0. The highest BCUT2D eigenvalue weighted by Crippen LogP contribution is 2.34. The molecule has 1 atom stereocenters. The van der Waals surface area contributed by atoms with Crippen LogP contribution in [0.5, 0.6) is 5.75 Å². The van der Waals surface area contributed by atoms with Crippen LogP contribution in [0.1, 0.15) is 0 Å². The number of halogens is 7. The molecule has 0 aliphatic heterocycles. The average molecular weight is 377 g/mol. The van der Waals surface area contributed by atoms with Crippen LogP contribution in [0.3, 0.4) is 0 Å². The zero-order chi connectivity index (χ0) is 16.3. The third kappa shape index (κ3) is 5.71. The Morgan fingerprint density at radius 3 is 2.33 bits per heavy atom. The van der Waals surface area contributed by atoms with Crippen LogP contribution >= 0.6 is 15.9 Å². The van der Waals surface area contributed by atoms with Crippen LogP contribution in [0.15, 0.2) is 22.7 Å². The number of nitriles is 1. The fourth-order valence-corrected chi connectivity index (χ4v) is 1.64. The molecular formula is C11H7BrF6N2O. The largest absolute Gasteiger partial charge is 0.573 e. The smallest absolute Gasteiger partial charge is 0.404 e. The highest BCUT2D eigenvalue weighted by atomic mass is 79.9. The molecule has 0 aliphatic carbocycles. The van der Waals surface area contributed by atoms with E-state index in [1.165, 1.54) is 6.07 Å². The van der Waals surface area contributed by atoms with Gasteiger partial charge in [0.15, 0.2) is 11.7 Å². The number of benzene rings is 1. The summed E-state index contributed by atoms with van der Waals surface area (Å²) in [6.07, 6.45) is -9.77. The molecular weight excluding hydrogens is 370 g/mol. The van der Waals surface area contributed by atoms with Crippen molar-refractivity contribution in [2.75, 3.05) is 11.9 Å². The number of alkyl halides is 6. The molecule has 1 N–H and O–H groups in total. The maximum Gasteiger partial charge on any atom is 0.573 e. The Morgan fingerprint density at radius 2 is 1.86 bits per heavy atom. The van der Waals surface area contributed by atoms with E-state index in [0.717, 1.165) is 18.2 Å². The molecule has 21 heavy (non-hydrogen) atoms. The normalized spacial score (nSPS) is 13.4. The lowest BCUT2D eigenvalue weighted by atomic mass is 10.1. The summed E-state index contributed by atoms with van der Waals surface area (Å²) in [4.78, 5) is 0. The number of hydrogen-bond acceptors (Lipinski definition) is 3. The van der Waals surface area contributed by atoms with Crippen molar-refractivity contribution in [2.45, 2.75) is 12.5 Å². The van der Waals surface area contributed by atoms with Gasteiger partial charge in [-0.3, -0.25) is 0 Å². The van der Waals surface area contributed by atoms with Gasteiger partial charge in [0.2, 0.25) is 0 Å². The van der Waals surface area contributed by atoms with Gasteiger partial charge in [0.05, 0.1) is 11.8 Å². The van der Waals surface area contributed by atoms with Crippen LogP contribution in [0.25, 0.3) is 0 Å². The number of nitrogens with one attached hydrogen (secondary N) is 1. The summed E-state index contributed by atoms with van der Waals surface area (Å²) in [5.41, 5.74) is -0.306. The monoisotopic (exact) mass is 376 g/mol. The molecule has 0 heterocycles. The summed E-state index contributed by atoms with van der Waals surface area (Å²) in [6.45, 7) is -0.893. The first-order chi connectivity index (χ1) is 9.53. The molecule has 0 spiro atoms. The van der Waals surface area contributed by atoms with Crippen LogP contribution in [0.4, 0.5) is 32.0 Å². The fraction of sp³-hybridized carbons (Fsp3) is 0.364. The topological polar surface area (TPSA) is 45.0 Å². The SMILES string of the molecule is N#CC(CNc1ccc(Br)cc1OC(F)(F)F)C(F)(F)F. The molecule has 0 saturated heterocycles. The van der Waals surface area contributed by atoms with E-state index in [2.05, 4.69) is 26.0 Å². The minimum Gasteiger partial charge on any atom is -0.404 e. The Kier molecular flexibility index (Phi) is 5.33. The Hall–Kier alpha value is -1.63. The maximum absolute atomic E-state index is 12.4.